The van der Waals surface area contributed by atoms with Gasteiger partial charge in [0.2, 0.25) is 10.0 Å². The van der Waals surface area contributed by atoms with E-state index < -0.39 is 10.0 Å². The zero-order valence-electron chi connectivity index (χ0n) is 12.9. The van der Waals surface area contributed by atoms with Gasteiger partial charge in [0.1, 0.15) is 5.75 Å². The lowest BCUT2D eigenvalue weighted by Crippen LogP contribution is -2.34. The molecule has 1 aromatic rings. The van der Waals surface area contributed by atoms with Crippen LogP contribution in [0.15, 0.2) is 23.1 Å². The fourth-order valence-electron chi connectivity index (χ4n) is 1.75. The minimum atomic E-state index is -3.54. The number of nitrogens with two attached hydrogens (primary N) is 1. The van der Waals surface area contributed by atoms with Crippen LogP contribution < -0.4 is 10.5 Å². The Bertz CT molecular complexity index is 645. The third-order valence-corrected chi connectivity index (χ3v) is 5.35. The second kappa shape index (κ2) is 7.46. The van der Waals surface area contributed by atoms with Crippen molar-refractivity contribution < 1.29 is 13.2 Å². The van der Waals surface area contributed by atoms with Crippen molar-refractivity contribution >= 4 is 10.0 Å². The monoisotopic (exact) mass is 310 g/mol. The molecule has 5 nitrogen and oxygen atoms in total. The Balaban J connectivity index is 3.31. The number of rotatable bonds is 5. The first kappa shape index (κ1) is 17.5. The summed E-state index contributed by atoms with van der Waals surface area (Å²) in [4.78, 5) is 0.201. The Kier molecular flexibility index (Phi) is 6.21. The third-order valence-electron chi connectivity index (χ3n) is 3.38. The van der Waals surface area contributed by atoms with E-state index in [0.29, 0.717) is 11.3 Å². The summed E-state index contributed by atoms with van der Waals surface area (Å²) in [6.45, 7) is 4.02. The van der Waals surface area contributed by atoms with Crippen molar-refractivity contribution in [2.75, 3.05) is 20.7 Å². The first-order chi connectivity index (χ1) is 9.88. The van der Waals surface area contributed by atoms with E-state index in [1.54, 1.807) is 13.1 Å². The van der Waals surface area contributed by atoms with Gasteiger partial charge in [-0.1, -0.05) is 18.8 Å². The number of hydrogen-bond acceptors (Lipinski definition) is 4. The lowest BCUT2D eigenvalue weighted by Gasteiger charge is -2.23. The summed E-state index contributed by atoms with van der Waals surface area (Å²) in [7, 11) is -0.445. The van der Waals surface area contributed by atoms with Crippen LogP contribution in [0.3, 0.4) is 0 Å². The largest absolute Gasteiger partial charge is 0.495 e. The number of sulfonamides is 1. The summed E-state index contributed by atoms with van der Waals surface area (Å²) in [6, 6.07) is 4.59. The molecule has 0 amide bonds. The molecule has 1 aromatic carbocycles. The predicted octanol–water partition coefficient (Wildman–Crippen LogP) is 1.42. The molecule has 0 spiro atoms. The maximum Gasteiger partial charge on any atom is 0.243 e. The fourth-order valence-corrected chi connectivity index (χ4v) is 3.21. The topological polar surface area (TPSA) is 72.6 Å². The van der Waals surface area contributed by atoms with Gasteiger partial charge in [-0.15, -0.1) is 0 Å². The van der Waals surface area contributed by atoms with Crippen molar-refractivity contribution in [3.05, 3.63) is 23.8 Å². The Morgan fingerprint density at radius 2 is 2.10 bits per heavy atom. The summed E-state index contributed by atoms with van der Waals surface area (Å²) >= 11 is 0. The average Bonchev–Trinajstić information content (AvgIpc) is 2.50. The van der Waals surface area contributed by atoms with Gasteiger partial charge in [0.15, 0.2) is 0 Å². The van der Waals surface area contributed by atoms with Crippen LogP contribution in [0.4, 0.5) is 0 Å². The maximum atomic E-state index is 12.6. The standard InChI is InChI=1S/C15H22N2O3S/c1-5-12(2)17(3)21(18,19)14-8-9-15(20-4)13(11-14)7-6-10-16/h8-9,11-12H,5,10,16H2,1-4H3. The van der Waals surface area contributed by atoms with Crippen LogP contribution in [0.1, 0.15) is 25.8 Å². The highest BCUT2D eigenvalue weighted by Crippen LogP contribution is 2.24. The number of methoxy groups -OCH3 is 1. The number of hydrogen-bond donors (Lipinski definition) is 1. The second-order valence-corrected chi connectivity index (χ2v) is 6.64. The van der Waals surface area contributed by atoms with Gasteiger partial charge in [-0.2, -0.15) is 4.31 Å². The smallest absolute Gasteiger partial charge is 0.243 e. The molecule has 0 saturated carbocycles. The molecule has 0 aliphatic heterocycles. The highest BCUT2D eigenvalue weighted by Gasteiger charge is 2.25. The number of ether oxygens (including phenoxy) is 1. The van der Waals surface area contributed by atoms with Gasteiger partial charge in [0, 0.05) is 13.1 Å². The van der Waals surface area contributed by atoms with Crippen LogP contribution >= 0.6 is 0 Å². The van der Waals surface area contributed by atoms with Crippen LogP contribution in [-0.4, -0.2) is 39.5 Å². The van der Waals surface area contributed by atoms with Gasteiger partial charge in [-0.05, 0) is 31.5 Å². The van der Waals surface area contributed by atoms with E-state index in [0.717, 1.165) is 6.42 Å². The van der Waals surface area contributed by atoms with E-state index in [2.05, 4.69) is 11.8 Å². The van der Waals surface area contributed by atoms with Gasteiger partial charge in [0.05, 0.1) is 24.1 Å². The Morgan fingerprint density at radius 1 is 1.43 bits per heavy atom. The molecular weight excluding hydrogens is 288 g/mol. The fraction of sp³-hybridized carbons (Fsp3) is 0.467. The summed E-state index contributed by atoms with van der Waals surface area (Å²) in [5, 5.41) is 0. The SMILES string of the molecule is CCC(C)N(C)S(=O)(=O)c1ccc(OC)c(C#CCN)c1. The first-order valence-corrected chi connectivity index (χ1v) is 8.17. The molecule has 0 aliphatic rings. The molecule has 0 radical (unpaired) electrons. The highest BCUT2D eigenvalue weighted by atomic mass is 32.2. The molecular formula is C15H22N2O3S. The quantitative estimate of drug-likeness (QED) is 0.835. The zero-order valence-corrected chi connectivity index (χ0v) is 13.7. The molecule has 0 bridgehead atoms. The Labute approximate surface area is 127 Å². The minimum absolute atomic E-state index is 0.0734. The summed E-state index contributed by atoms with van der Waals surface area (Å²) in [5.41, 5.74) is 5.87. The van der Waals surface area contributed by atoms with E-state index in [-0.39, 0.29) is 17.5 Å². The molecule has 6 heteroatoms. The Morgan fingerprint density at radius 3 is 2.62 bits per heavy atom. The van der Waals surface area contributed by atoms with E-state index >= 15 is 0 Å². The number of benzene rings is 1. The molecule has 0 heterocycles. The second-order valence-electron chi connectivity index (χ2n) is 4.65. The van der Waals surface area contributed by atoms with Gasteiger partial charge in [0.25, 0.3) is 0 Å². The minimum Gasteiger partial charge on any atom is -0.495 e. The van der Waals surface area contributed by atoms with Gasteiger partial charge in [-0.3, -0.25) is 0 Å². The van der Waals surface area contributed by atoms with Crippen LogP contribution in [0, 0.1) is 11.8 Å². The number of nitrogens with zero attached hydrogens (tertiary/aromatic N) is 1. The van der Waals surface area contributed by atoms with E-state index in [4.69, 9.17) is 10.5 Å². The van der Waals surface area contributed by atoms with E-state index in [1.807, 2.05) is 13.8 Å². The summed E-state index contributed by atoms with van der Waals surface area (Å²) in [5.74, 6) is 6.07. The summed E-state index contributed by atoms with van der Waals surface area (Å²) < 4.78 is 31.7. The lowest BCUT2D eigenvalue weighted by molar-refractivity contribution is 0.380. The van der Waals surface area contributed by atoms with Crippen molar-refractivity contribution in [2.45, 2.75) is 31.2 Å². The van der Waals surface area contributed by atoms with Crippen LogP contribution in [0.2, 0.25) is 0 Å². The lowest BCUT2D eigenvalue weighted by atomic mass is 10.2. The molecule has 116 valence electrons. The maximum absolute atomic E-state index is 12.6. The van der Waals surface area contributed by atoms with Crippen molar-refractivity contribution in [1.29, 1.82) is 0 Å². The molecule has 0 aromatic heterocycles. The van der Waals surface area contributed by atoms with E-state index in [9.17, 15) is 8.42 Å². The van der Waals surface area contributed by atoms with Gasteiger partial charge in [-0.25, -0.2) is 8.42 Å². The molecule has 0 fully saturated rings. The predicted molar refractivity (Wildman–Crippen MR) is 83.6 cm³/mol. The molecule has 1 atom stereocenters. The van der Waals surface area contributed by atoms with Crippen LogP contribution in [0.25, 0.3) is 0 Å². The van der Waals surface area contributed by atoms with Crippen LogP contribution in [0.5, 0.6) is 5.75 Å². The van der Waals surface area contributed by atoms with E-state index in [1.165, 1.54) is 23.5 Å². The normalized spacial score (nSPS) is 12.7. The van der Waals surface area contributed by atoms with Gasteiger partial charge < -0.3 is 10.5 Å². The van der Waals surface area contributed by atoms with Crippen molar-refractivity contribution in [1.82, 2.24) is 4.31 Å². The van der Waals surface area contributed by atoms with Gasteiger partial charge >= 0.3 is 0 Å². The van der Waals surface area contributed by atoms with Crippen molar-refractivity contribution in [3.63, 3.8) is 0 Å². The van der Waals surface area contributed by atoms with Crippen LogP contribution in [-0.2, 0) is 10.0 Å². The summed E-state index contributed by atoms with van der Waals surface area (Å²) in [6.07, 6.45) is 0.742. The molecule has 1 rings (SSSR count). The van der Waals surface area contributed by atoms with Crippen molar-refractivity contribution in [2.24, 2.45) is 5.73 Å². The molecule has 0 aliphatic carbocycles. The first-order valence-electron chi connectivity index (χ1n) is 6.73. The molecule has 21 heavy (non-hydrogen) atoms. The third kappa shape index (κ3) is 3.97. The average molecular weight is 310 g/mol. The Hall–Kier alpha value is -1.55. The van der Waals surface area contributed by atoms with Crippen molar-refractivity contribution in [3.8, 4) is 17.6 Å². The molecule has 2 N–H and O–H groups in total. The zero-order chi connectivity index (χ0) is 16.0. The molecule has 1 unspecified atom stereocenters. The highest BCUT2D eigenvalue weighted by molar-refractivity contribution is 7.89. The molecule has 0 saturated heterocycles.